The van der Waals surface area contributed by atoms with E-state index in [1.807, 2.05) is 24.1 Å². The second kappa shape index (κ2) is 4.09. The van der Waals surface area contributed by atoms with Crippen LogP contribution in [0.3, 0.4) is 0 Å². The molecule has 0 aliphatic rings. The van der Waals surface area contributed by atoms with Gasteiger partial charge in [-0.25, -0.2) is 0 Å². The van der Waals surface area contributed by atoms with Crippen LogP contribution in [0, 0.1) is 6.92 Å². The minimum atomic E-state index is 1.00. The Kier molecular flexibility index (Phi) is 2.82. The van der Waals surface area contributed by atoms with Gasteiger partial charge < -0.3 is 4.42 Å². The highest BCUT2D eigenvalue weighted by atomic mass is 32.2. The number of furan rings is 1. The van der Waals surface area contributed by atoms with E-state index in [0.29, 0.717) is 0 Å². The molecule has 2 heteroatoms. The van der Waals surface area contributed by atoms with Crippen molar-refractivity contribution in [3.8, 4) is 0 Å². The van der Waals surface area contributed by atoms with Gasteiger partial charge in [0.15, 0.2) is 0 Å². The molecule has 0 spiro atoms. The van der Waals surface area contributed by atoms with Crippen LogP contribution in [0.4, 0.5) is 0 Å². The van der Waals surface area contributed by atoms with Crippen LogP contribution in [-0.2, 0) is 5.75 Å². The number of rotatable bonds is 3. The summed E-state index contributed by atoms with van der Waals surface area (Å²) >= 11 is 1.93. The number of benzene rings is 1. The molecule has 2 rings (SSSR count). The number of thioether (sulfide) groups is 1. The average molecular weight is 206 g/mol. The minimum absolute atomic E-state index is 1.00. The van der Waals surface area contributed by atoms with Gasteiger partial charge in [0.05, 0.1) is 6.26 Å². The van der Waals surface area contributed by atoms with E-state index in [9.17, 15) is 0 Å². The molecule has 1 heterocycles. The highest BCUT2D eigenvalue weighted by Crippen LogP contribution is 2.25. The molecule has 0 unspecified atom stereocenters. The van der Waals surface area contributed by atoms with E-state index in [2.05, 4.69) is 26.0 Å². The molecule has 74 valence electrons. The Morgan fingerprint density at radius 1 is 1.36 bits per heavy atom. The van der Waals surface area contributed by atoms with E-state index >= 15 is 0 Å². The molecule has 0 aliphatic carbocycles. The number of hydrogen-bond acceptors (Lipinski definition) is 2. The highest BCUT2D eigenvalue weighted by molar-refractivity contribution is 7.98. The fraction of sp³-hybridized carbons (Fsp3) is 0.333. The highest BCUT2D eigenvalue weighted by Gasteiger charge is 2.04. The van der Waals surface area contributed by atoms with E-state index in [0.717, 1.165) is 17.1 Å². The van der Waals surface area contributed by atoms with Gasteiger partial charge in [-0.2, -0.15) is 11.8 Å². The molecular formula is C12H14OS. The normalized spacial score (nSPS) is 11.0. The molecule has 0 N–H and O–H groups in total. The third kappa shape index (κ3) is 1.80. The average Bonchev–Trinajstić information content (AvgIpc) is 2.57. The van der Waals surface area contributed by atoms with Crippen LogP contribution in [0.15, 0.2) is 28.9 Å². The van der Waals surface area contributed by atoms with Crippen molar-refractivity contribution in [1.29, 1.82) is 0 Å². The van der Waals surface area contributed by atoms with Crippen LogP contribution in [0.2, 0.25) is 0 Å². The summed E-state index contributed by atoms with van der Waals surface area (Å²) in [5.74, 6) is 2.20. The maximum absolute atomic E-state index is 5.49. The van der Waals surface area contributed by atoms with Crippen molar-refractivity contribution in [1.82, 2.24) is 0 Å². The zero-order chi connectivity index (χ0) is 9.97. The Hall–Kier alpha value is -0.890. The summed E-state index contributed by atoms with van der Waals surface area (Å²) < 4.78 is 5.49. The molecule has 0 fully saturated rings. The molecule has 0 amide bonds. The van der Waals surface area contributed by atoms with Crippen LogP contribution in [-0.4, -0.2) is 5.75 Å². The summed E-state index contributed by atoms with van der Waals surface area (Å²) in [6, 6.07) is 6.33. The maximum atomic E-state index is 5.49. The van der Waals surface area contributed by atoms with Gasteiger partial charge in [-0.05, 0) is 24.8 Å². The molecule has 0 saturated heterocycles. The molecule has 1 aromatic carbocycles. The predicted molar refractivity (Wildman–Crippen MR) is 62.8 cm³/mol. The zero-order valence-corrected chi connectivity index (χ0v) is 9.36. The Bertz CT molecular complexity index is 431. The summed E-state index contributed by atoms with van der Waals surface area (Å²) in [5.41, 5.74) is 3.61. The van der Waals surface area contributed by atoms with Crippen LogP contribution in [0.1, 0.15) is 18.1 Å². The number of fused-ring (bicyclic) bond motifs is 1. The first-order valence-electron chi connectivity index (χ1n) is 4.85. The molecule has 0 bridgehead atoms. The fourth-order valence-electron chi connectivity index (χ4n) is 1.52. The topological polar surface area (TPSA) is 13.1 Å². The first-order chi connectivity index (χ1) is 6.81. The molecule has 1 nitrogen and oxygen atoms in total. The van der Waals surface area contributed by atoms with Crippen molar-refractivity contribution in [3.63, 3.8) is 0 Å². The van der Waals surface area contributed by atoms with Gasteiger partial charge in [0.25, 0.3) is 0 Å². The van der Waals surface area contributed by atoms with Crippen molar-refractivity contribution in [2.24, 2.45) is 0 Å². The van der Waals surface area contributed by atoms with Crippen LogP contribution in [0.5, 0.6) is 0 Å². The number of aryl methyl sites for hydroxylation is 1. The Balaban J connectivity index is 2.40. The molecule has 14 heavy (non-hydrogen) atoms. The summed E-state index contributed by atoms with van der Waals surface area (Å²) in [7, 11) is 0. The van der Waals surface area contributed by atoms with Gasteiger partial charge in [-0.1, -0.05) is 18.6 Å². The second-order valence-corrected chi connectivity index (χ2v) is 4.67. The molecule has 0 atom stereocenters. The van der Waals surface area contributed by atoms with Gasteiger partial charge in [0.2, 0.25) is 0 Å². The lowest BCUT2D eigenvalue weighted by molar-refractivity contribution is 0.612. The predicted octanol–water partition coefficient (Wildman–Crippen LogP) is 3.99. The Morgan fingerprint density at radius 3 is 3.00 bits per heavy atom. The fourth-order valence-corrected chi connectivity index (χ4v) is 2.17. The SMILES string of the molecule is CCSCc1coc2ccc(C)cc12. The first kappa shape index (κ1) is 9.66. The zero-order valence-electron chi connectivity index (χ0n) is 8.54. The lowest BCUT2D eigenvalue weighted by Gasteiger charge is -1.96. The van der Waals surface area contributed by atoms with Crippen molar-refractivity contribution < 1.29 is 4.42 Å². The smallest absolute Gasteiger partial charge is 0.134 e. The lowest BCUT2D eigenvalue weighted by atomic mass is 10.1. The summed E-state index contributed by atoms with van der Waals surface area (Å²) in [5, 5.41) is 1.27. The minimum Gasteiger partial charge on any atom is -0.464 e. The largest absolute Gasteiger partial charge is 0.464 e. The molecular weight excluding hydrogens is 192 g/mol. The maximum Gasteiger partial charge on any atom is 0.134 e. The van der Waals surface area contributed by atoms with Crippen LogP contribution >= 0.6 is 11.8 Å². The van der Waals surface area contributed by atoms with Crippen LogP contribution < -0.4 is 0 Å². The van der Waals surface area contributed by atoms with Crippen molar-refractivity contribution in [2.45, 2.75) is 19.6 Å². The van der Waals surface area contributed by atoms with Gasteiger partial charge in [0, 0.05) is 16.7 Å². The van der Waals surface area contributed by atoms with Gasteiger partial charge in [0.1, 0.15) is 5.58 Å². The van der Waals surface area contributed by atoms with E-state index in [4.69, 9.17) is 4.42 Å². The van der Waals surface area contributed by atoms with Gasteiger partial charge in [-0.15, -0.1) is 0 Å². The standard InChI is InChI=1S/C12H14OS/c1-3-14-8-10-7-13-12-5-4-9(2)6-11(10)12/h4-7H,3,8H2,1-2H3. The third-order valence-corrected chi connectivity index (χ3v) is 3.19. The van der Waals surface area contributed by atoms with Crippen molar-refractivity contribution in [2.75, 3.05) is 5.75 Å². The van der Waals surface area contributed by atoms with E-state index in [-0.39, 0.29) is 0 Å². The molecule has 0 aliphatic heterocycles. The van der Waals surface area contributed by atoms with Gasteiger partial charge in [-0.3, -0.25) is 0 Å². The monoisotopic (exact) mass is 206 g/mol. The first-order valence-corrected chi connectivity index (χ1v) is 6.01. The van der Waals surface area contributed by atoms with E-state index in [1.54, 1.807) is 0 Å². The molecule has 1 aromatic heterocycles. The van der Waals surface area contributed by atoms with Crippen molar-refractivity contribution >= 4 is 22.7 Å². The Labute approximate surface area is 88.5 Å². The van der Waals surface area contributed by atoms with E-state index < -0.39 is 0 Å². The van der Waals surface area contributed by atoms with Gasteiger partial charge >= 0.3 is 0 Å². The quantitative estimate of drug-likeness (QED) is 0.753. The molecule has 0 radical (unpaired) electrons. The summed E-state index contributed by atoms with van der Waals surface area (Å²) in [6.07, 6.45) is 1.88. The summed E-state index contributed by atoms with van der Waals surface area (Å²) in [4.78, 5) is 0. The summed E-state index contributed by atoms with van der Waals surface area (Å²) in [6.45, 7) is 4.29. The molecule has 0 saturated carbocycles. The Morgan fingerprint density at radius 2 is 2.21 bits per heavy atom. The van der Waals surface area contributed by atoms with Crippen LogP contribution in [0.25, 0.3) is 11.0 Å². The second-order valence-electron chi connectivity index (χ2n) is 3.40. The van der Waals surface area contributed by atoms with Crippen molar-refractivity contribution in [3.05, 3.63) is 35.6 Å². The lowest BCUT2D eigenvalue weighted by Crippen LogP contribution is -1.79. The third-order valence-electron chi connectivity index (χ3n) is 2.27. The molecule has 2 aromatic rings. The van der Waals surface area contributed by atoms with E-state index in [1.165, 1.54) is 16.5 Å². The number of hydrogen-bond donors (Lipinski definition) is 0.